The van der Waals surface area contributed by atoms with Gasteiger partial charge in [0.25, 0.3) is 5.91 Å². The second-order valence-electron chi connectivity index (χ2n) is 6.20. The van der Waals surface area contributed by atoms with E-state index in [9.17, 15) is 9.59 Å². The molecule has 1 atom stereocenters. The molecule has 0 aliphatic carbocycles. The first-order chi connectivity index (χ1) is 12.5. The normalized spacial score (nSPS) is 14.2. The minimum Gasteiger partial charge on any atom is -0.491 e. The van der Waals surface area contributed by atoms with Crippen LogP contribution in [0.15, 0.2) is 42.5 Å². The number of carboxylic acid groups (broad SMARTS) is 1. The summed E-state index contributed by atoms with van der Waals surface area (Å²) in [5, 5.41) is 9.10. The molecule has 3 rings (SSSR count). The average molecular weight is 355 g/mol. The fourth-order valence-corrected chi connectivity index (χ4v) is 2.91. The van der Waals surface area contributed by atoms with E-state index in [0.717, 1.165) is 11.3 Å². The lowest BCUT2D eigenvalue weighted by Crippen LogP contribution is -2.23. The third kappa shape index (κ3) is 3.55. The van der Waals surface area contributed by atoms with Crippen LogP contribution in [-0.4, -0.2) is 37.3 Å². The molecule has 136 valence electrons. The molecule has 2 aromatic rings. The van der Waals surface area contributed by atoms with Crippen LogP contribution in [0, 0.1) is 0 Å². The molecule has 0 bridgehead atoms. The summed E-state index contributed by atoms with van der Waals surface area (Å²) in [6, 6.07) is 12.6. The van der Waals surface area contributed by atoms with Crippen LogP contribution in [0.3, 0.4) is 0 Å². The van der Waals surface area contributed by atoms with Crippen LogP contribution in [0.5, 0.6) is 5.75 Å². The number of rotatable bonds is 7. The summed E-state index contributed by atoms with van der Waals surface area (Å²) in [5.41, 5.74) is 3.02. The first kappa shape index (κ1) is 17.9. The maximum absolute atomic E-state index is 12.8. The van der Waals surface area contributed by atoms with E-state index >= 15 is 0 Å². The summed E-state index contributed by atoms with van der Waals surface area (Å²) in [5.74, 6) is -0.899. The Morgan fingerprint density at radius 2 is 1.92 bits per heavy atom. The molecule has 6 heteroatoms. The standard InChI is InChI=1S/C20H21NO5/c1-13(20(23)24)14-3-6-16(7-4-14)21-12-15-5-8-17(26-10-9-25-2)11-18(15)19(21)22/h3-8,11,13H,9-10,12H2,1-2H3,(H,23,24). The molecule has 0 saturated carbocycles. The van der Waals surface area contributed by atoms with Crippen molar-refractivity contribution in [3.63, 3.8) is 0 Å². The van der Waals surface area contributed by atoms with E-state index in [-0.39, 0.29) is 5.91 Å². The SMILES string of the molecule is COCCOc1ccc2c(c1)C(=O)N(c1ccc(C(C)C(=O)O)cc1)C2. The van der Waals surface area contributed by atoms with Gasteiger partial charge in [0, 0.05) is 18.4 Å². The van der Waals surface area contributed by atoms with Crippen molar-refractivity contribution < 1.29 is 24.2 Å². The van der Waals surface area contributed by atoms with Gasteiger partial charge >= 0.3 is 5.97 Å². The van der Waals surface area contributed by atoms with Crippen molar-refractivity contribution in [1.82, 2.24) is 0 Å². The van der Waals surface area contributed by atoms with E-state index in [1.807, 2.05) is 12.1 Å². The van der Waals surface area contributed by atoms with Gasteiger partial charge in [0.05, 0.1) is 19.1 Å². The molecular weight excluding hydrogens is 334 g/mol. The number of hydrogen-bond acceptors (Lipinski definition) is 4. The summed E-state index contributed by atoms with van der Waals surface area (Å²) >= 11 is 0. The number of fused-ring (bicyclic) bond motifs is 1. The Hall–Kier alpha value is -2.86. The highest BCUT2D eigenvalue weighted by molar-refractivity contribution is 6.10. The molecule has 0 radical (unpaired) electrons. The van der Waals surface area contributed by atoms with Crippen LogP contribution in [0.1, 0.15) is 34.3 Å². The first-order valence-electron chi connectivity index (χ1n) is 8.40. The van der Waals surface area contributed by atoms with Crippen LogP contribution in [0.25, 0.3) is 0 Å². The molecule has 0 saturated heterocycles. The van der Waals surface area contributed by atoms with Gasteiger partial charge in [0.15, 0.2) is 0 Å². The Morgan fingerprint density at radius 3 is 2.58 bits per heavy atom. The molecule has 1 N–H and O–H groups in total. The van der Waals surface area contributed by atoms with Crippen molar-refractivity contribution in [3.05, 3.63) is 59.2 Å². The monoisotopic (exact) mass is 355 g/mol. The number of ether oxygens (including phenoxy) is 2. The van der Waals surface area contributed by atoms with Crippen molar-refractivity contribution >= 4 is 17.6 Å². The lowest BCUT2D eigenvalue weighted by molar-refractivity contribution is -0.138. The number of nitrogens with zero attached hydrogens (tertiary/aromatic N) is 1. The van der Waals surface area contributed by atoms with E-state index in [1.165, 1.54) is 0 Å². The highest BCUT2D eigenvalue weighted by Crippen LogP contribution is 2.31. The molecule has 1 amide bonds. The highest BCUT2D eigenvalue weighted by atomic mass is 16.5. The summed E-state index contributed by atoms with van der Waals surface area (Å²) in [6.07, 6.45) is 0. The zero-order chi connectivity index (χ0) is 18.7. The Balaban J connectivity index is 1.76. The second-order valence-corrected chi connectivity index (χ2v) is 6.20. The molecule has 1 aliphatic rings. The molecule has 1 unspecified atom stereocenters. The quantitative estimate of drug-likeness (QED) is 0.773. The smallest absolute Gasteiger partial charge is 0.310 e. The van der Waals surface area contributed by atoms with Gasteiger partial charge in [-0.05, 0) is 42.3 Å². The third-order valence-electron chi connectivity index (χ3n) is 4.52. The van der Waals surface area contributed by atoms with Crippen LogP contribution in [-0.2, 0) is 16.1 Å². The number of carbonyl (C=O) groups is 2. The van der Waals surface area contributed by atoms with Crippen molar-refractivity contribution in [2.45, 2.75) is 19.4 Å². The number of carboxylic acids is 1. The fourth-order valence-electron chi connectivity index (χ4n) is 2.91. The lowest BCUT2D eigenvalue weighted by Gasteiger charge is -2.16. The largest absolute Gasteiger partial charge is 0.491 e. The molecule has 2 aromatic carbocycles. The van der Waals surface area contributed by atoms with Gasteiger partial charge in [-0.25, -0.2) is 0 Å². The number of aliphatic carboxylic acids is 1. The summed E-state index contributed by atoms with van der Waals surface area (Å²) in [4.78, 5) is 25.5. The number of methoxy groups -OCH3 is 1. The highest BCUT2D eigenvalue weighted by Gasteiger charge is 2.29. The van der Waals surface area contributed by atoms with Crippen LogP contribution in [0.2, 0.25) is 0 Å². The van der Waals surface area contributed by atoms with E-state index in [4.69, 9.17) is 14.6 Å². The van der Waals surface area contributed by atoms with E-state index in [2.05, 4.69) is 0 Å². The van der Waals surface area contributed by atoms with E-state index in [1.54, 1.807) is 49.3 Å². The van der Waals surface area contributed by atoms with Gasteiger partial charge in [-0.2, -0.15) is 0 Å². The number of carbonyl (C=O) groups excluding carboxylic acids is 1. The molecule has 1 aliphatic heterocycles. The van der Waals surface area contributed by atoms with Gasteiger partial charge in [-0.1, -0.05) is 18.2 Å². The average Bonchev–Trinajstić information content (AvgIpc) is 2.98. The second kappa shape index (κ2) is 7.58. The maximum atomic E-state index is 12.8. The number of hydrogen-bond donors (Lipinski definition) is 1. The van der Waals surface area contributed by atoms with Crippen molar-refractivity contribution in [2.24, 2.45) is 0 Å². The van der Waals surface area contributed by atoms with Gasteiger partial charge in [0.2, 0.25) is 0 Å². The summed E-state index contributed by atoms with van der Waals surface area (Å²) in [6.45, 7) is 3.04. The van der Waals surface area contributed by atoms with Crippen LogP contribution in [0.4, 0.5) is 5.69 Å². The van der Waals surface area contributed by atoms with Gasteiger partial charge < -0.3 is 19.5 Å². The fraction of sp³-hybridized carbons (Fsp3) is 0.300. The zero-order valence-corrected chi connectivity index (χ0v) is 14.8. The first-order valence-corrected chi connectivity index (χ1v) is 8.40. The van der Waals surface area contributed by atoms with Crippen LogP contribution < -0.4 is 9.64 Å². The van der Waals surface area contributed by atoms with E-state index in [0.29, 0.717) is 36.6 Å². The summed E-state index contributed by atoms with van der Waals surface area (Å²) < 4.78 is 10.5. The van der Waals surface area contributed by atoms with Gasteiger partial charge in [-0.15, -0.1) is 0 Å². The number of benzene rings is 2. The molecular formula is C20H21NO5. The number of anilines is 1. The molecule has 26 heavy (non-hydrogen) atoms. The third-order valence-corrected chi connectivity index (χ3v) is 4.52. The molecule has 0 aromatic heterocycles. The summed E-state index contributed by atoms with van der Waals surface area (Å²) in [7, 11) is 1.61. The predicted molar refractivity (Wildman–Crippen MR) is 96.8 cm³/mol. The topological polar surface area (TPSA) is 76.1 Å². The minimum atomic E-state index is -0.872. The lowest BCUT2D eigenvalue weighted by atomic mass is 10.0. The van der Waals surface area contributed by atoms with E-state index < -0.39 is 11.9 Å². The van der Waals surface area contributed by atoms with Crippen molar-refractivity contribution in [3.8, 4) is 5.75 Å². The Kier molecular flexibility index (Phi) is 5.23. The predicted octanol–water partition coefficient (Wildman–Crippen LogP) is 3.06. The zero-order valence-electron chi connectivity index (χ0n) is 14.8. The molecule has 6 nitrogen and oxygen atoms in total. The molecule has 1 heterocycles. The Labute approximate surface area is 152 Å². The van der Waals surface area contributed by atoms with Crippen molar-refractivity contribution in [2.75, 3.05) is 25.2 Å². The van der Waals surface area contributed by atoms with Crippen molar-refractivity contribution in [1.29, 1.82) is 0 Å². The Bertz CT molecular complexity index is 815. The molecule has 0 spiro atoms. The minimum absolute atomic E-state index is 0.0868. The van der Waals surface area contributed by atoms with Gasteiger partial charge in [-0.3, -0.25) is 9.59 Å². The number of amides is 1. The van der Waals surface area contributed by atoms with Gasteiger partial charge in [0.1, 0.15) is 12.4 Å². The molecule has 0 fully saturated rings. The van der Waals surface area contributed by atoms with Crippen LogP contribution >= 0.6 is 0 Å². The maximum Gasteiger partial charge on any atom is 0.310 e. The Morgan fingerprint density at radius 1 is 1.19 bits per heavy atom.